The molecule has 6 heteroatoms. The first-order chi connectivity index (χ1) is 13.6. The molecule has 0 saturated carbocycles. The Morgan fingerprint density at radius 3 is 2.71 bits per heavy atom. The summed E-state index contributed by atoms with van der Waals surface area (Å²) in [5, 5.41) is 13.1. The molecule has 4 nitrogen and oxygen atoms in total. The van der Waals surface area contributed by atoms with Gasteiger partial charge < -0.3 is 9.84 Å². The third-order valence-electron chi connectivity index (χ3n) is 4.53. The average molecular weight is 410 g/mol. The van der Waals surface area contributed by atoms with E-state index in [9.17, 15) is 9.90 Å². The number of halogens is 1. The molecule has 0 aliphatic carbocycles. The van der Waals surface area contributed by atoms with Crippen molar-refractivity contribution in [3.8, 4) is 5.75 Å². The Kier molecular flexibility index (Phi) is 5.11. The van der Waals surface area contributed by atoms with E-state index in [1.807, 2.05) is 42.7 Å². The lowest BCUT2D eigenvalue weighted by Gasteiger charge is -2.10. The molecule has 0 amide bonds. The highest BCUT2D eigenvalue weighted by Gasteiger charge is 2.16. The number of rotatable bonds is 4. The maximum absolute atomic E-state index is 12.5. The third-order valence-corrected chi connectivity index (χ3v) is 5.58. The molecule has 1 aromatic heterocycles. The topological polar surface area (TPSA) is 59.4 Å². The van der Waals surface area contributed by atoms with Crippen LogP contribution in [-0.4, -0.2) is 22.3 Å². The molecule has 0 bridgehead atoms. The van der Waals surface area contributed by atoms with Gasteiger partial charge in [-0.25, -0.2) is 9.78 Å². The van der Waals surface area contributed by atoms with Crippen LogP contribution in [0.3, 0.4) is 0 Å². The minimum Gasteiger partial charge on any atom is -0.506 e. The molecular formula is C22H16ClNO3S. The molecular weight excluding hydrogens is 394 g/mol. The Balaban J connectivity index is 1.58. The summed E-state index contributed by atoms with van der Waals surface area (Å²) in [6.07, 6.45) is 2.00. The standard InChI is InChI=1S/C22H16ClNO3S/c1-28-16-8-6-14-10-15(21(23)24-19(14)11-16)12-27-22(26)18-9-7-13-4-2-3-5-17(13)20(18)25/h2-11,25H,12H2,1H3. The van der Waals surface area contributed by atoms with Gasteiger partial charge in [-0.05, 0) is 35.9 Å². The summed E-state index contributed by atoms with van der Waals surface area (Å²) in [7, 11) is 0. The van der Waals surface area contributed by atoms with Gasteiger partial charge in [0.15, 0.2) is 0 Å². The first-order valence-corrected chi connectivity index (χ1v) is 10.2. The second-order valence-electron chi connectivity index (χ2n) is 6.26. The van der Waals surface area contributed by atoms with E-state index in [0.29, 0.717) is 16.1 Å². The number of nitrogens with zero attached hydrogens (tertiary/aromatic N) is 1. The fraction of sp³-hybridized carbons (Fsp3) is 0.0909. The maximum atomic E-state index is 12.5. The fourth-order valence-electron chi connectivity index (χ4n) is 3.04. The SMILES string of the molecule is CSc1ccc2cc(COC(=O)c3ccc4ccccc4c3O)c(Cl)nc2c1. The zero-order valence-electron chi connectivity index (χ0n) is 15.0. The minimum absolute atomic E-state index is 0.0306. The van der Waals surface area contributed by atoms with Crippen molar-refractivity contribution in [3.05, 3.63) is 76.9 Å². The van der Waals surface area contributed by atoms with Gasteiger partial charge >= 0.3 is 5.97 Å². The summed E-state index contributed by atoms with van der Waals surface area (Å²) in [4.78, 5) is 18.0. The lowest BCUT2D eigenvalue weighted by Crippen LogP contribution is -2.06. The van der Waals surface area contributed by atoms with Crippen molar-refractivity contribution >= 4 is 51.0 Å². The Bertz CT molecular complexity index is 1210. The summed E-state index contributed by atoms with van der Waals surface area (Å²) in [5.41, 5.74) is 1.52. The molecule has 0 unspecified atom stereocenters. The highest BCUT2D eigenvalue weighted by Crippen LogP contribution is 2.30. The summed E-state index contributed by atoms with van der Waals surface area (Å²) >= 11 is 7.91. The normalized spacial score (nSPS) is 11.1. The predicted molar refractivity (Wildman–Crippen MR) is 113 cm³/mol. The van der Waals surface area contributed by atoms with Gasteiger partial charge in [-0.15, -0.1) is 11.8 Å². The number of hydrogen-bond donors (Lipinski definition) is 1. The highest BCUT2D eigenvalue weighted by atomic mass is 35.5. The number of pyridine rings is 1. The summed E-state index contributed by atoms with van der Waals surface area (Å²) in [6, 6.07) is 18.4. The van der Waals surface area contributed by atoms with Crippen LogP contribution in [0.15, 0.2) is 65.6 Å². The van der Waals surface area contributed by atoms with Gasteiger partial charge in [-0.1, -0.05) is 48.0 Å². The molecule has 28 heavy (non-hydrogen) atoms. The van der Waals surface area contributed by atoms with Crippen molar-refractivity contribution in [2.24, 2.45) is 0 Å². The monoisotopic (exact) mass is 409 g/mol. The van der Waals surface area contributed by atoms with Gasteiger partial charge in [0.25, 0.3) is 0 Å². The first kappa shape index (κ1) is 18.6. The van der Waals surface area contributed by atoms with Crippen LogP contribution in [0.25, 0.3) is 21.7 Å². The van der Waals surface area contributed by atoms with E-state index >= 15 is 0 Å². The van der Waals surface area contributed by atoms with E-state index in [1.165, 1.54) is 0 Å². The van der Waals surface area contributed by atoms with E-state index in [1.54, 1.807) is 36.0 Å². The van der Waals surface area contributed by atoms with Gasteiger partial charge in [-0.3, -0.25) is 0 Å². The number of carbonyl (C=O) groups is 1. The molecule has 0 fully saturated rings. The molecule has 3 aromatic carbocycles. The lowest BCUT2D eigenvalue weighted by molar-refractivity contribution is 0.0469. The number of ether oxygens (including phenoxy) is 1. The number of carbonyl (C=O) groups excluding carboxylic acids is 1. The molecule has 0 atom stereocenters. The van der Waals surface area contributed by atoms with Crippen LogP contribution in [-0.2, 0) is 11.3 Å². The summed E-state index contributed by atoms with van der Waals surface area (Å²) < 4.78 is 5.39. The van der Waals surface area contributed by atoms with Crippen LogP contribution in [0.2, 0.25) is 5.15 Å². The van der Waals surface area contributed by atoms with Crippen molar-refractivity contribution in [2.45, 2.75) is 11.5 Å². The lowest BCUT2D eigenvalue weighted by atomic mass is 10.1. The number of aromatic nitrogens is 1. The largest absolute Gasteiger partial charge is 0.506 e. The zero-order valence-corrected chi connectivity index (χ0v) is 16.6. The fourth-order valence-corrected chi connectivity index (χ4v) is 3.67. The van der Waals surface area contributed by atoms with Gasteiger partial charge in [0.05, 0.1) is 5.52 Å². The number of phenolic OH excluding ortho intramolecular Hbond substituents is 1. The van der Waals surface area contributed by atoms with Gasteiger partial charge in [0.2, 0.25) is 0 Å². The van der Waals surface area contributed by atoms with Gasteiger partial charge in [0.1, 0.15) is 23.1 Å². The molecule has 0 saturated heterocycles. The number of esters is 1. The van der Waals surface area contributed by atoms with E-state index in [4.69, 9.17) is 16.3 Å². The molecule has 140 valence electrons. The van der Waals surface area contributed by atoms with Crippen LogP contribution >= 0.6 is 23.4 Å². The van der Waals surface area contributed by atoms with Crippen LogP contribution in [0.1, 0.15) is 15.9 Å². The number of benzene rings is 3. The maximum Gasteiger partial charge on any atom is 0.342 e. The van der Waals surface area contributed by atoms with Crippen molar-refractivity contribution in [2.75, 3.05) is 6.26 Å². The molecule has 0 spiro atoms. The number of hydrogen-bond acceptors (Lipinski definition) is 5. The molecule has 4 rings (SSSR count). The molecule has 0 radical (unpaired) electrons. The van der Waals surface area contributed by atoms with E-state index in [2.05, 4.69) is 4.98 Å². The zero-order chi connectivity index (χ0) is 19.7. The quantitative estimate of drug-likeness (QED) is 0.261. The molecule has 0 aliphatic heterocycles. The van der Waals surface area contributed by atoms with E-state index < -0.39 is 5.97 Å². The summed E-state index contributed by atoms with van der Waals surface area (Å²) in [6.45, 7) is -0.0306. The first-order valence-electron chi connectivity index (χ1n) is 8.58. The summed E-state index contributed by atoms with van der Waals surface area (Å²) in [5.74, 6) is -0.701. The third kappa shape index (κ3) is 3.51. The van der Waals surface area contributed by atoms with Crippen LogP contribution in [0.5, 0.6) is 5.75 Å². The van der Waals surface area contributed by atoms with Crippen molar-refractivity contribution in [1.29, 1.82) is 0 Å². The Hall–Kier alpha value is -2.76. The molecule has 1 N–H and O–H groups in total. The molecule has 4 aromatic rings. The average Bonchev–Trinajstić information content (AvgIpc) is 2.72. The van der Waals surface area contributed by atoms with Crippen LogP contribution < -0.4 is 0 Å². The number of aromatic hydroxyl groups is 1. The predicted octanol–water partition coefficient (Wildman–Crippen LogP) is 5.83. The number of phenols is 1. The van der Waals surface area contributed by atoms with Crippen molar-refractivity contribution in [1.82, 2.24) is 4.98 Å². The van der Waals surface area contributed by atoms with Crippen molar-refractivity contribution < 1.29 is 14.6 Å². The Morgan fingerprint density at radius 2 is 1.89 bits per heavy atom. The van der Waals surface area contributed by atoms with Gasteiger partial charge in [-0.2, -0.15) is 0 Å². The second-order valence-corrected chi connectivity index (χ2v) is 7.49. The van der Waals surface area contributed by atoms with Crippen molar-refractivity contribution in [3.63, 3.8) is 0 Å². The van der Waals surface area contributed by atoms with Crippen LogP contribution in [0, 0.1) is 0 Å². The Morgan fingerprint density at radius 1 is 1.11 bits per heavy atom. The number of fused-ring (bicyclic) bond motifs is 2. The van der Waals surface area contributed by atoms with Gasteiger partial charge in [0, 0.05) is 21.2 Å². The minimum atomic E-state index is -0.614. The Labute approximate surface area is 171 Å². The highest BCUT2D eigenvalue weighted by molar-refractivity contribution is 7.98. The van der Waals surface area contributed by atoms with Crippen LogP contribution in [0.4, 0.5) is 0 Å². The second kappa shape index (κ2) is 7.70. The number of thioether (sulfide) groups is 1. The van der Waals surface area contributed by atoms with E-state index in [-0.39, 0.29) is 17.9 Å². The van der Waals surface area contributed by atoms with E-state index in [0.717, 1.165) is 21.2 Å². The molecule has 1 heterocycles. The molecule has 0 aliphatic rings. The smallest absolute Gasteiger partial charge is 0.342 e.